The minimum Gasteiger partial charge on any atom is -0.452 e. The molecule has 2 aromatic rings. The zero-order valence-corrected chi connectivity index (χ0v) is 17.8. The second-order valence-corrected chi connectivity index (χ2v) is 9.35. The Morgan fingerprint density at radius 2 is 1.68 bits per heavy atom. The Hall–Kier alpha value is -2.81. The molecule has 0 saturated heterocycles. The summed E-state index contributed by atoms with van der Waals surface area (Å²) in [7, 11) is -4.74. The lowest BCUT2D eigenvalue weighted by Gasteiger charge is -2.20. The summed E-state index contributed by atoms with van der Waals surface area (Å²) in [6, 6.07) is 9.82. The van der Waals surface area contributed by atoms with E-state index in [-0.39, 0.29) is 11.6 Å². The highest BCUT2D eigenvalue weighted by atomic mass is 32.2. The SMILES string of the molecule is CC(NC(=O)COC(=O)c1ccc(S(=O)(=O)C(F)F)cc1)c1ccc2c(c1)CCCC2. The number of ether oxygens (including phenoxy) is 1. The fourth-order valence-electron chi connectivity index (χ4n) is 3.49. The summed E-state index contributed by atoms with van der Waals surface area (Å²) in [6.45, 7) is 1.32. The number of esters is 1. The number of aryl methyl sites for hydroxylation is 2. The largest absolute Gasteiger partial charge is 0.452 e. The van der Waals surface area contributed by atoms with E-state index in [9.17, 15) is 26.8 Å². The summed E-state index contributed by atoms with van der Waals surface area (Å²) in [6.07, 6.45) is 4.44. The zero-order valence-electron chi connectivity index (χ0n) is 16.9. The quantitative estimate of drug-likeness (QED) is 0.650. The molecule has 9 heteroatoms. The van der Waals surface area contributed by atoms with E-state index in [1.54, 1.807) is 0 Å². The molecule has 0 heterocycles. The molecule has 0 spiro atoms. The summed E-state index contributed by atoms with van der Waals surface area (Å²) in [5, 5.41) is 2.77. The Labute approximate surface area is 179 Å². The van der Waals surface area contributed by atoms with Gasteiger partial charge in [-0.05, 0) is 73.6 Å². The minimum atomic E-state index is -4.74. The van der Waals surface area contributed by atoms with Crippen molar-refractivity contribution in [3.05, 3.63) is 64.7 Å². The van der Waals surface area contributed by atoms with Crippen molar-refractivity contribution in [2.75, 3.05) is 6.61 Å². The van der Waals surface area contributed by atoms with Crippen LogP contribution in [-0.4, -0.2) is 32.7 Å². The van der Waals surface area contributed by atoms with E-state index in [2.05, 4.69) is 17.4 Å². The molecule has 31 heavy (non-hydrogen) atoms. The number of fused-ring (bicyclic) bond motifs is 1. The summed E-state index contributed by atoms with van der Waals surface area (Å²) >= 11 is 0. The van der Waals surface area contributed by atoms with Crippen LogP contribution in [0.2, 0.25) is 0 Å². The van der Waals surface area contributed by atoms with E-state index in [0.717, 1.165) is 49.1 Å². The molecule has 0 aromatic heterocycles. The van der Waals surface area contributed by atoms with E-state index < -0.39 is 39.0 Å². The lowest BCUT2D eigenvalue weighted by atomic mass is 9.89. The highest BCUT2D eigenvalue weighted by Gasteiger charge is 2.26. The third-order valence-corrected chi connectivity index (χ3v) is 6.64. The predicted molar refractivity (Wildman–Crippen MR) is 110 cm³/mol. The van der Waals surface area contributed by atoms with Gasteiger partial charge in [-0.3, -0.25) is 4.79 Å². The van der Waals surface area contributed by atoms with Gasteiger partial charge in [-0.2, -0.15) is 8.78 Å². The van der Waals surface area contributed by atoms with Crippen LogP contribution in [0.3, 0.4) is 0 Å². The van der Waals surface area contributed by atoms with Crippen LogP contribution in [0.4, 0.5) is 8.78 Å². The molecule has 0 saturated carbocycles. The number of amides is 1. The smallest absolute Gasteiger partial charge is 0.341 e. The molecule has 1 amide bonds. The molecule has 1 aliphatic rings. The standard InChI is InChI=1S/C22H23F2NO5S/c1-14(17-7-6-15-4-2-3-5-18(15)12-17)25-20(26)13-30-21(27)16-8-10-19(11-9-16)31(28,29)22(23)24/h6-12,14,22H,2-5,13H2,1H3,(H,25,26). The summed E-state index contributed by atoms with van der Waals surface area (Å²) < 4.78 is 52.9. The fraction of sp³-hybridized carbons (Fsp3) is 0.364. The average Bonchev–Trinajstić information content (AvgIpc) is 2.77. The van der Waals surface area contributed by atoms with Gasteiger partial charge >= 0.3 is 11.7 Å². The Kier molecular flexibility index (Phi) is 7.04. The number of carbonyl (C=O) groups excluding carboxylic acids is 2. The van der Waals surface area contributed by atoms with Crippen LogP contribution in [-0.2, 0) is 32.2 Å². The molecule has 3 rings (SSSR count). The van der Waals surface area contributed by atoms with Gasteiger partial charge in [0.05, 0.1) is 16.5 Å². The number of carbonyl (C=O) groups is 2. The predicted octanol–water partition coefficient (Wildman–Crippen LogP) is 3.60. The number of nitrogens with one attached hydrogen (secondary N) is 1. The molecular weight excluding hydrogens is 428 g/mol. The molecule has 1 N–H and O–H groups in total. The van der Waals surface area contributed by atoms with Gasteiger partial charge in [-0.1, -0.05) is 18.2 Å². The molecule has 6 nitrogen and oxygen atoms in total. The highest BCUT2D eigenvalue weighted by molar-refractivity contribution is 7.91. The Morgan fingerprint density at radius 3 is 2.32 bits per heavy atom. The Morgan fingerprint density at radius 1 is 1.03 bits per heavy atom. The van der Waals surface area contributed by atoms with Crippen LogP contribution in [0, 0.1) is 0 Å². The molecular formula is C22H23F2NO5S. The molecule has 1 unspecified atom stereocenters. The normalized spacial score (nSPS) is 14.6. The second-order valence-electron chi connectivity index (χ2n) is 7.43. The van der Waals surface area contributed by atoms with Gasteiger partial charge in [-0.25, -0.2) is 13.2 Å². The van der Waals surface area contributed by atoms with Crippen LogP contribution in [0.15, 0.2) is 47.4 Å². The van der Waals surface area contributed by atoms with Crippen molar-refractivity contribution < 1.29 is 31.5 Å². The van der Waals surface area contributed by atoms with Crippen molar-refractivity contribution in [1.29, 1.82) is 0 Å². The first-order chi connectivity index (χ1) is 14.7. The average molecular weight is 451 g/mol. The van der Waals surface area contributed by atoms with Crippen molar-refractivity contribution in [2.24, 2.45) is 0 Å². The van der Waals surface area contributed by atoms with Crippen LogP contribution in [0.1, 0.15) is 52.9 Å². The summed E-state index contributed by atoms with van der Waals surface area (Å²) in [5.41, 5.74) is 3.56. The van der Waals surface area contributed by atoms with Crippen molar-refractivity contribution in [3.8, 4) is 0 Å². The van der Waals surface area contributed by atoms with Gasteiger partial charge in [0, 0.05) is 0 Å². The van der Waals surface area contributed by atoms with Gasteiger partial charge in [-0.15, -0.1) is 0 Å². The van der Waals surface area contributed by atoms with E-state index >= 15 is 0 Å². The maximum absolute atomic E-state index is 12.6. The number of halogens is 2. The molecule has 2 aromatic carbocycles. The first-order valence-corrected chi connectivity index (χ1v) is 11.4. The number of alkyl halides is 2. The number of hydrogen-bond donors (Lipinski definition) is 1. The highest BCUT2D eigenvalue weighted by Crippen LogP contribution is 2.25. The van der Waals surface area contributed by atoms with Crippen LogP contribution < -0.4 is 5.32 Å². The fourth-order valence-corrected chi connectivity index (χ4v) is 4.21. The van der Waals surface area contributed by atoms with Crippen molar-refractivity contribution in [3.63, 3.8) is 0 Å². The third kappa shape index (κ3) is 5.46. The first-order valence-electron chi connectivity index (χ1n) is 9.89. The van der Waals surface area contributed by atoms with Gasteiger partial charge < -0.3 is 10.1 Å². The van der Waals surface area contributed by atoms with Gasteiger partial charge in [0.1, 0.15) is 0 Å². The van der Waals surface area contributed by atoms with Gasteiger partial charge in [0.15, 0.2) is 6.61 Å². The third-order valence-electron chi connectivity index (χ3n) is 5.24. The number of benzene rings is 2. The summed E-state index contributed by atoms with van der Waals surface area (Å²) in [4.78, 5) is 23.6. The van der Waals surface area contributed by atoms with Gasteiger partial charge in [0.25, 0.3) is 5.91 Å². The van der Waals surface area contributed by atoms with Crippen LogP contribution in [0.5, 0.6) is 0 Å². The first kappa shape index (κ1) is 22.9. The van der Waals surface area contributed by atoms with E-state index in [1.807, 2.05) is 13.0 Å². The lowest BCUT2D eigenvalue weighted by Crippen LogP contribution is -2.31. The zero-order chi connectivity index (χ0) is 22.6. The van der Waals surface area contributed by atoms with Crippen LogP contribution in [0.25, 0.3) is 0 Å². The Balaban J connectivity index is 1.54. The monoisotopic (exact) mass is 451 g/mol. The van der Waals surface area contributed by atoms with Crippen molar-refractivity contribution in [1.82, 2.24) is 5.32 Å². The van der Waals surface area contributed by atoms with E-state index in [0.29, 0.717) is 0 Å². The number of hydrogen-bond acceptors (Lipinski definition) is 5. The molecule has 0 aliphatic heterocycles. The second kappa shape index (κ2) is 9.55. The molecule has 0 fully saturated rings. The molecule has 0 bridgehead atoms. The van der Waals surface area contributed by atoms with Crippen molar-refractivity contribution >= 4 is 21.7 Å². The topological polar surface area (TPSA) is 89.5 Å². The van der Waals surface area contributed by atoms with Crippen molar-refractivity contribution in [2.45, 2.75) is 49.3 Å². The molecule has 166 valence electrons. The molecule has 0 radical (unpaired) electrons. The minimum absolute atomic E-state index is 0.0521. The van der Waals surface area contributed by atoms with E-state index in [1.165, 1.54) is 17.5 Å². The summed E-state index contributed by atoms with van der Waals surface area (Å²) in [5.74, 6) is -4.90. The maximum Gasteiger partial charge on any atom is 0.341 e. The molecule has 1 atom stereocenters. The number of sulfone groups is 1. The molecule has 1 aliphatic carbocycles. The lowest BCUT2D eigenvalue weighted by molar-refractivity contribution is -0.124. The number of rotatable bonds is 7. The van der Waals surface area contributed by atoms with E-state index in [4.69, 9.17) is 4.74 Å². The maximum atomic E-state index is 12.6. The van der Waals surface area contributed by atoms with Gasteiger partial charge in [0.2, 0.25) is 9.84 Å². The Bertz CT molecular complexity index is 1070. The van der Waals surface area contributed by atoms with Crippen LogP contribution >= 0.6 is 0 Å².